The second-order valence-corrected chi connectivity index (χ2v) is 11.2. The van der Waals surface area contributed by atoms with Crippen molar-refractivity contribution in [1.29, 1.82) is 0 Å². The molecule has 6 rings (SSSR count). The van der Waals surface area contributed by atoms with E-state index in [1.807, 2.05) is 47.8 Å². The van der Waals surface area contributed by atoms with E-state index in [0.717, 1.165) is 57.1 Å². The number of furan rings is 1. The molecule has 0 radical (unpaired) electrons. The van der Waals surface area contributed by atoms with E-state index in [2.05, 4.69) is 34.9 Å². The number of thiazole rings is 1. The lowest BCUT2D eigenvalue weighted by Crippen LogP contribution is -2.25. The second kappa shape index (κ2) is 12.4. The van der Waals surface area contributed by atoms with Crippen molar-refractivity contribution in [2.45, 2.75) is 38.6 Å². The van der Waals surface area contributed by atoms with E-state index in [1.165, 1.54) is 24.0 Å². The van der Waals surface area contributed by atoms with E-state index in [1.54, 1.807) is 23.5 Å². The number of amides is 1. The molecular weight excluding hydrogens is 546 g/mol. The Morgan fingerprint density at radius 2 is 1.86 bits per heavy atom. The molecule has 5 aromatic rings. The number of para-hydroxylation sites is 1. The number of nitrogens with one attached hydrogen (secondary N) is 2. The molecule has 0 spiro atoms. The number of hydrogen-bond acceptors (Lipinski definition) is 6. The van der Waals surface area contributed by atoms with Gasteiger partial charge in [0.1, 0.15) is 16.3 Å². The fourth-order valence-corrected chi connectivity index (χ4v) is 5.99. The molecule has 42 heavy (non-hydrogen) atoms. The van der Waals surface area contributed by atoms with Crippen molar-refractivity contribution in [2.75, 3.05) is 11.9 Å². The van der Waals surface area contributed by atoms with Crippen LogP contribution in [0.2, 0.25) is 0 Å². The molecule has 0 fully saturated rings. The predicted octanol–water partition coefficient (Wildman–Crippen LogP) is 8.00. The van der Waals surface area contributed by atoms with E-state index < -0.39 is 5.97 Å². The summed E-state index contributed by atoms with van der Waals surface area (Å²) in [5, 5.41) is 19.0. The van der Waals surface area contributed by atoms with Gasteiger partial charge in [-0.05, 0) is 78.8 Å². The third-order valence-electron chi connectivity index (χ3n) is 7.42. The SMILES string of the molecule is O=C(O)CCNC(=O)c1ccc(CNc2ccc(C3=CCCCC3)cc2-c2nc(-c3cc4ccccc4o3)cs2)cc1. The van der Waals surface area contributed by atoms with Gasteiger partial charge in [0.2, 0.25) is 0 Å². The summed E-state index contributed by atoms with van der Waals surface area (Å²) in [5.74, 6) is -0.468. The van der Waals surface area contributed by atoms with Gasteiger partial charge in [-0.1, -0.05) is 42.5 Å². The molecule has 1 amide bonds. The maximum absolute atomic E-state index is 12.3. The number of rotatable bonds is 10. The van der Waals surface area contributed by atoms with Crippen molar-refractivity contribution in [2.24, 2.45) is 0 Å². The van der Waals surface area contributed by atoms with Crippen LogP contribution in [-0.2, 0) is 11.3 Å². The lowest BCUT2D eigenvalue weighted by molar-refractivity contribution is -0.136. The van der Waals surface area contributed by atoms with Gasteiger partial charge in [0, 0.05) is 40.7 Å². The van der Waals surface area contributed by atoms with Gasteiger partial charge in [-0.25, -0.2) is 4.98 Å². The molecule has 0 saturated carbocycles. The molecule has 0 unspecified atom stereocenters. The topological polar surface area (TPSA) is 104 Å². The zero-order valence-electron chi connectivity index (χ0n) is 23.1. The quantitative estimate of drug-likeness (QED) is 0.155. The number of benzene rings is 3. The predicted molar refractivity (Wildman–Crippen MR) is 168 cm³/mol. The first kappa shape index (κ1) is 27.5. The minimum atomic E-state index is -0.942. The summed E-state index contributed by atoms with van der Waals surface area (Å²) in [6.45, 7) is 0.666. The summed E-state index contributed by atoms with van der Waals surface area (Å²) in [7, 11) is 0. The molecular formula is C34H31N3O4S. The van der Waals surface area contributed by atoms with Crippen LogP contribution in [-0.4, -0.2) is 28.5 Å². The van der Waals surface area contributed by atoms with Crippen molar-refractivity contribution in [3.05, 3.63) is 101 Å². The van der Waals surface area contributed by atoms with Crippen molar-refractivity contribution in [3.63, 3.8) is 0 Å². The van der Waals surface area contributed by atoms with E-state index in [9.17, 15) is 9.59 Å². The molecule has 0 bridgehead atoms. The highest BCUT2D eigenvalue weighted by Gasteiger charge is 2.16. The lowest BCUT2D eigenvalue weighted by Gasteiger charge is -2.16. The van der Waals surface area contributed by atoms with Crippen LogP contribution in [0, 0.1) is 0 Å². The third-order valence-corrected chi connectivity index (χ3v) is 8.29. The number of carbonyl (C=O) groups excluding carboxylic acids is 1. The van der Waals surface area contributed by atoms with Gasteiger partial charge in [-0.3, -0.25) is 9.59 Å². The van der Waals surface area contributed by atoms with Gasteiger partial charge in [-0.15, -0.1) is 11.3 Å². The molecule has 2 aromatic heterocycles. The number of aromatic nitrogens is 1. The van der Waals surface area contributed by atoms with Crippen molar-refractivity contribution in [1.82, 2.24) is 10.3 Å². The summed E-state index contributed by atoms with van der Waals surface area (Å²) >= 11 is 1.60. The Hall–Kier alpha value is -4.69. The van der Waals surface area contributed by atoms with Crippen LogP contribution in [0.4, 0.5) is 5.69 Å². The molecule has 0 aliphatic heterocycles. The van der Waals surface area contributed by atoms with Gasteiger partial charge in [-0.2, -0.15) is 0 Å². The molecule has 2 heterocycles. The number of carboxylic acid groups (broad SMARTS) is 1. The summed E-state index contributed by atoms with van der Waals surface area (Å²) < 4.78 is 6.08. The van der Waals surface area contributed by atoms with Crippen LogP contribution in [0.3, 0.4) is 0 Å². The van der Waals surface area contributed by atoms with Crippen LogP contribution in [0.5, 0.6) is 0 Å². The summed E-state index contributed by atoms with van der Waals surface area (Å²) in [4.78, 5) is 28.0. The first-order chi connectivity index (χ1) is 20.5. The molecule has 3 N–H and O–H groups in total. The monoisotopic (exact) mass is 577 g/mol. The summed E-state index contributed by atoms with van der Waals surface area (Å²) in [5.41, 5.74) is 7.82. The highest BCUT2D eigenvalue weighted by molar-refractivity contribution is 7.13. The fraction of sp³-hybridized carbons (Fsp3) is 0.206. The van der Waals surface area contributed by atoms with Gasteiger partial charge in [0.05, 0.1) is 6.42 Å². The zero-order chi connectivity index (χ0) is 28.9. The minimum absolute atomic E-state index is 0.0992. The van der Waals surface area contributed by atoms with Crippen LogP contribution >= 0.6 is 11.3 Å². The van der Waals surface area contributed by atoms with Crippen LogP contribution in [0.25, 0.3) is 38.6 Å². The first-order valence-electron chi connectivity index (χ1n) is 14.1. The fourth-order valence-electron chi connectivity index (χ4n) is 5.15. The Bertz CT molecular complexity index is 1730. The molecule has 0 saturated heterocycles. The number of fused-ring (bicyclic) bond motifs is 1. The molecule has 1 aliphatic rings. The maximum Gasteiger partial charge on any atom is 0.305 e. The van der Waals surface area contributed by atoms with E-state index >= 15 is 0 Å². The molecule has 1 aliphatic carbocycles. The number of carbonyl (C=O) groups is 2. The number of allylic oxidation sites excluding steroid dienone is 2. The second-order valence-electron chi connectivity index (χ2n) is 10.4. The van der Waals surface area contributed by atoms with E-state index in [4.69, 9.17) is 14.5 Å². The Morgan fingerprint density at radius 3 is 2.64 bits per heavy atom. The third kappa shape index (κ3) is 6.29. The number of aliphatic carboxylic acids is 1. The average molecular weight is 578 g/mol. The normalized spacial score (nSPS) is 13.1. The highest BCUT2D eigenvalue weighted by Crippen LogP contribution is 2.38. The average Bonchev–Trinajstić information content (AvgIpc) is 3.68. The Balaban J connectivity index is 1.23. The largest absolute Gasteiger partial charge is 0.481 e. The highest BCUT2D eigenvalue weighted by atomic mass is 32.1. The zero-order valence-corrected chi connectivity index (χ0v) is 23.9. The number of anilines is 1. The van der Waals surface area contributed by atoms with E-state index in [-0.39, 0.29) is 18.9 Å². The lowest BCUT2D eigenvalue weighted by atomic mass is 9.92. The van der Waals surface area contributed by atoms with Gasteiger partial charge < -0.3 is 20.2 Å². The van der Waals surface area contributed by atoms with Crippen LogP contribution < -0.4 is 10.6 Å². The van der Waals surface area contributed by atoms with Crippen LogP contribution in [0.1, 0.15) is 53.6 Å². The molecule has 0 atom stereocenters. The maximum atomic E-state index is 12.3. The first-order valence-corrected chi connectivity index (χ1v) is 15.0. The molecule has 8 heteroatoms. The van der Waals surface area contributed by atoms with Gasteiger partial charge >= 0.3 is 5.97 Å². The van der Waals surface area contributed by atoms with Gasteiger partial charge in [0.15, 0.2) is 5.76 Å². The van der Waals surface area contributed by atoms with Crippen molar-refractivity contribution in [3.8, 4) is 22.0 Å². The van der Waals surface area contributed by atoms with Gasteiger partial charge in [0.25, 0.3) is 5.91 Å². The molecule has 212 valence electrons. The Kier molecular flexibility index (Phi) is 8.14. The van der Waals surface area contributed by atoms with E-state index in [0.29, 0.717) is 12.1 Å². The van der Waals surface area contributed by atoms with Crippen molar-refractivity contribution >= 4 is 45.4 Å². The smallest absolute Gasteiger partial charge is 0.305 e. The van der Waals surface area contributed by atoms with Crippen LogP contribution in [0.15, 0.2) is 88.7 Å². The summed E-state index contributed by atoms with van der Waals surface area (Å²) in [6.07, 6.45) is 6.91. The molecule has 3 aromatic carbocycles. The Morgan fingerprint density at radius 1 is 1.00 bits per heavy atom. The summed E-state index contributed by atoms with van der Waals surface area (Å²) in [6, 6.07) is 23.9. The molecule has 7 nitrogen and oxygen atoms in total. The number of nitrogens with zero attached hydrogens (tertiary/aromatic N) is 1. The number of carboxylic acids is 1. The minimum Gasteiger partial charge on any atom is -0.481 e. The standard InChI is InChI=1S/C34H31N3O4S/c38-32(39)16-17-35-33(40)24-12-10-22(11-13-24)20-36-28-15-14-25(23-6-2-1-3-7-23)18-27(28)34-37-29(21-42-34)31-19-26-8-4-5-9-30(26)41-31/h4-6,8-15,18-19,21,36H,1-3,7,16-17,20H2,(H,35,40)(H,38,39). The Labute approximate surface area is 247 Å². The number of hydrogen-bond donors (Lipinski definition) is 3. The van der Waals surface area contributed by atoms with Crippen molar-refractivity contribution < 1.29 is 19.1 Å².